The van der Waals surface area contributed by atoms with Crippen molar-refractivity contribution in [3.8, 4) is 0 Å². The second kappa shape index (κ2) is 5.78. The van der Waals surface area contributed by atoms with Gasteiger partial charge in [-0.05, 0) is 30.3 Å². The molecule has 0 amide bonds. The summed E-state index contributed by atoms with van der Waals surface area (Å²) in [5.74, 6) is -2.39. The van der Waals surface area contributed by atoms with Crippen molar-refractivity contribution >= 4 is 48.9 Å². The molecule has 0 bridgehead atoms. The fraction of sp³-hybridized carbons (Fsp3) is 0. The standard InChI is InChI=1S/C12H8BrClF2N2O2S/c13-6-1-3-9(7(14)5-6)18-21(19,20)10-4-2-8(15)12(17)11(10)16/h1-5,18H,17H2. The molecule has 0 atom stereocenters. The van der Waals surface area contributed by atoms with Gasteiger partial charge in [0.1, 0.15) is 16.4 Å². The van der Waals surface area contributed by atoms with E-state index in [-0.39, 0.29) is 10.7 Å². The molecule has 0 aromatic heterocycles. The molecule has 0 heterocycles. The average molecular weight is 398 g/mol. The predicted molar refractivity (Wildman–Crippen MR) is 80.7 cm³/mol. The van der Waals surface area contributed by atoms with Gasteiger partial charge in [-0.2, -0.15) is 0 Å². The molecule has 3 N–H and O–H groups in total. The van der Waals surface area contributed by atoms with Crippen LogP contribution in [0.5, 0.6) is 0 Å². The number of nitrogen functional groups attached to an aromatic ring is 1. The summed E-state index contributed by atoms with van der Waals surface area (Å²) in [6, 6.07) is 5.98. The van der Waals surface area contributed by atoms with Crippen LogP contribution in [-0.4, -0.2) is 8.42 Å². The third kappa shape index (κ3) is 3.28. The van der Waals surface area contributed by atoms with Gasteiger partial charge in [-0.15, -0.1) is 0 Å². The number of halogens is 4. The molecule has 4 nitrogen and oxygen atoms in total. The lowest BCUT2D eigenvalue weighted by atomic mass is 10.3. The number of nitrogens with one attached hydrogen (secondary N) is 1. The maximum atomic E-state index is 13.8. The summed E-state index contributed by atoms with van der Waals surface area (Å²) < 4.78 is 53.9. The van der Waals surface area contributed by atoms with E-state index in [0.717, 1.165) is 12.1 Å². The number of nitrogens with two attached hydrogens (primary N) is 1. The molecule has 9 heteroatoms. The number of sulfonamides is 1. The molecule has 0 radical (unpaired) electrons. The van der Waals surface area contributed by atoms with E-state index in [1.807, 2.05) is 0 Å². The molecule has 0 aliphatic rings. The van der Waals surface area contributed by atoms with Crippen LogP contribution < -0.4 is 10.5 Å². The fourth-order valence-electron chi connectivity index (χ4n) is 1.53. The lowest BCUT2D eigenvalue weighted by Gasteiger charge is -2.11. The lowest BCUT2D eigenvalue weighted by molar-refractivity contribution is 0.557. The fourth-order valence-corrected chi connectivity index (χ4v) is 3.48. The first kappa shape index (κ1) is 16.0. The van der Waals surface area contributed by atoms with Crippen LogP contribution in [0.4, 0.5) is 20.2 Å². The monoisotopic (exact) mass is 396 g/mol. The SMILES string of the molecule is Nc1c(F)ccc(S(=O)(=O)Nc2ccc(Br)cc2Cl)c1F. The normalized spacial score (nSPS) is 11.4. The van der Waals surface area contributed by atoms with Crippen LogP contribution in [0.15, 0.2) is 39.7 Å². The first-order valence-corrected chi connectivity index (χ1v) is 8.09. The molecular weight excluding hydrogens is 390 g/mol. The van der Waals surface area contributed by atoms with E-state index in [9.17, 15) is 17.2 Å². The zero-order valence-electron chi connectivity index (χ0n) is 10.2. The number of anilines is 2. The van der Waals surface area contributed by atoms with Crippen LogP contribution in [0.1, 0.15) is 0 Å². The molecular formula is C12H8BrClF2N2O2S. The third-order valence-electron chi connectivity index (χ3n) is 2.56. The molecule has 21 heavy (non-hydrogen) atoms. The van der Waals surface area contributed by atoms with Gasteiger partial charge in [-0.3, -0.25) is 4.72 Å². The van der Waals surface area contributed by atoms with Crippen molar-refractivity contribution in [1.82, 2.24) is 0 Å². The molecule has 0 saturated heterocycles. The van der Waals surface area contributed by atoms with E-state index in [4.69, 9.17) is 17.3 Å². The Labute approximate surface area is 133 Å². The molecule has 2 aromatic carbocycles. The molecule has 2 rings (SSSR count). The lowest BCUT2D eigenvalue weighted by Crippen LogP contribution is -2.16. The second-order valence-electron chi connectivity index (χ2n) is 4.00. The molecule has 0 spiro atoms. The van der Waals surface area contributed by atoms with Crippen molar-refractivity contribution in [3.05, 3.63) is 51.5 Å². The highest BCUT2D eigenvalue weighted by Crippen LogP contribution is 2.29. The smallest absolute Gasteiger partial charge is 0.264 e. The Morgan fingerprint density at radius 1 is 1.19 bits per heavy atom. The van der Waals surface area contributed by atoms with Gasteiger partial charge >= 0.3 is 0 Å². The van der Waals surface area contributed by atoms with Crippen LogP contribution in [-0.2, 0) is 10.0 Å². The minimum absolute atomic E-state index is 0.0576. The van der Waals surface area contributed by atoms with Gasteiger partial charge in [0.05, 0.1) is 10.7 Å². The van der Waals surface area contributed by atoms with Crippen molar-refractivity contribution in [3.63, 3.8) is 0 Å². The highest BCUT2D eigenvalue weighted by molar-refractivity contribution is 9.10. The van der Waals surface area contributed by atoms with Gasteiger partial charge in [-0.1, -0.05) is 27.5 Å². The second-order valence-corrected chi connectivity index (χ2v) is 6.98. The van der Waals surface area contributed by atoms with E-state index in [1.165, 1.54) is 12.1 Å². The van der Waals surface area contributed by atoms with Crippen molar-refractivity contribution in [1.29, 1.82) is 0 Å². The summed E-state index contributed by atoms with van der Waals surface area (Å²) in [5.41, 5.74) is 4.34. The van der Waals surface area contributed by atoms with Crippen molar-refractivity contribution in [2.75, 3.05) is 10.5 Å². The summed E-state index contributed by atoms with van der Waals surface area (Å²) in [5, 5.41) is 0.114. The molecule has 2 aromatic rings. The van der Waals surface area contributed by atoms with E-state index in [1.54, 1.807) is 6.07 Å². The van der Waals surface area contributed by atoms with Crippen molar-refractivity contribution in [2.24, 2.45) is 0 Å². The minimum Gasteiger partial charge on any atom is -0.394 e. The van der Waals surface area contributed by atoms with Crippen LogP contribution in [0.3, 0.4) is 0 Å². The maximum Gasteiger partial charge on any atom is 0.264 e. The van der Waals surface area contributed by atoms with Gasteiger partial charge in [0, 0.05) is 4.47 Å². The Hall–Kier alpha value is -1.38. The van der Waals surface area contributed by atoms with E-state index in [0.29, 0.717) is 4.47 Å². The summed E-state index contributed by atoms with van der Waals surface area (Å²) in [7, 11) is -4.29. The number of hydrogen-bond donors (Lipinski definition) is 2. The molecule has 0 aliphatic carbocycles. The summed E-state index contributed by atoms with van der Waals surface area (Å²) in [6.45, 7) is 0. The average Bonchev–Trinajstić information content (AvgIpc) is 2.39. The zero-order valence-corrected chi connectivity index (χ0v) is 13.4. The van der Waals surface area contributed by atoms with E-state index in [2.05, 4.69) is 20.7 Å². The van der Waals surface area contributed by atoms with Crippen LogP contribution >= 0.6 is 27.5 Å². The molecule has 0 saturated carbocycles. The van der Waals surface area contributed by atoms with Gasteiger partial charge < -0.3 is 5.73 Å². The topological polar surface area (TPSA) is 72.2 Å². The van der Waals surface area contributed by atoms with Gasteiger partial charge in [0.15, 0.2) is 5.82 Å². The molecule has 112 valence electrons. The van der Waals surface area contributed by atoms with Gasteiger partial charge in [0.2, 0.25) is 0 Å². The summed E-state index contributed by atoms with van der Waals surface area (Å²) in [6.07, 6.45) is 0. The Balaban J connectivity index is 2.46. The van der Waals surface area contributed by atoms with Gasteiger partial charge in [0.25, 0.3) is 10.0 Å². The zero-order chi connectivity index (χ0) is 15.8. The largest absolute Gasteiger partial charge is 0.394 e. The van der Waals surface area contributed by atoms with Crippen molar-refractivity contribution in [2.45, 2.75) is 4.90 Å². The quantitative estimate of drug-likeness (QED) is 0.775. The van der Waals surface area contributed by atoms with Crippen LogP contribution in [0, 0.1) is 11.6 Å². The van der Waals surface area contributed by atoms with Crippen molar-refractivity contribution < 1.29 is 17.2 Å². The predicted octanol–water partition coefficient (Wildman–Crippen LogP) is 3.76. The maximum absolute atomic E-state index is 13.8. The Kier molecular flexibility index (Phi) is 4.40. The highest BCUT2D eigenvalue weighted by atomic mass is 79.9. The van der Waals surface area contributed by atoms with Crippen LogP contribution in [0.25, 0.3) is 0 Å². The number of benzene rings is 2. The molecule has 0 unspecified atom stereocenters. The first-order chi connectivity index (χ1) is 9.72. The first-order valence-electron chi connectivity index (χ1n) is 5.43. The van der Waals surface area contributed by atoms with E-state index < -0.39 is 32.2 Å². The Morgan fingerprint density at radius 2 is 1.86 bits per heavy atom. The van der Waals surface area contributed by atoms with Crippen LogP contribution in [0.2, 0.25) is 5.02 Å². The number of rotatable bonds is 3. The Morgan fingerprint density at radius 3 is 2.48 bits per heavy atom. The van der Waals surface area contributed by atoms with Gasteiger partial charge in [-0.25, -0.2) is 17.2 Å². The minimum atomic E-state index is -4.29. The Bertz CT molecular complexity index is 815. The van der Waals surface area contributed by atoms with E-state index >= 15 is 0 Å². The highest BCUT2D eigenvalue weighted by Gasteiger charge is 2.23. The molecule has 0 aliphatic heterocycles. The third-order valence-corrected chi connectivity index (χ3v) is 4.75. The number of hydrogen-bond acceptors (Lipinski definition) is 3. The summed E-state index contributed by atoms with van der Waals surface area (Å²) in [4.78, 5) is -0.764. The molecule has 0 fully saturated rings. The summed E-state index contributed by atoms with van der Waals surface area (Å²) >= 11 is 9.05.